The molecule has 1 heterocycles. The molecule has 30 heavy (non-hydrogen) atoms. The lowest BCUT2D eigenvalue weighted by molar-refractivity contribution is -0.384. The molecule has 1 aromatic heterocycles. The minimum Gasteiger partial charge on any atom is -0.462 e. The lowest BCUT2D eigenvalue weighted by Crippen LogP contribution is -2.15. The summed E-state index contributed by atoms with van der Waals surface area (Å²) in [5.74, 6) is -0.989. The summed E-state index contributed by atoms with van der Waals surface area (Å²) in [5.41, 5.74) is 4.13. The average molecular weight is 424 g/mol. The van der Waals surface area contributed by atoms with Crippen LogP contribution in [0.5, 0.6) is 0 Å². The van der Waals surface area contributed by atoms with Crippen molar-refractivity contribution in [3.63, 3.8) is 0 Å². The monoisotopic (exact) mass is 424 g/mol. The number of hydrogen-bond acceptors (Lipinski definition) is 6. The van der Waals surface area contributed by atoms with Crippen LogP contribution in [-0.2, 0) is 4.74 Å². The molecule has 154 valence electrons. The summed E-state index contributed by atoms with van der Waals surface area (Å²) < 4.78 is 5.22. The highest BCUT2D eigenvalue weighted by Crippen LogP contribution is 2.38. The minimum atomic E-state index is -0.532. The van der Waals surface area contributed by atoms with Crippen LogP contribution in [0, 0.1) is 24.0 Å². The lowest BCUT2D eigenvalue weighted by Gasteiger charge is -2.11. The highest BCUT2D eigenvalue weighted by atomic mass is 32.1. The Hall–Kier alpha value is -3.52. The van der Waals surface area contributed by atoms with E-state index in [0.717, 1.165) is 16.7 Å². The van der Waals surface area contributed by atoms with Crippen molar-refractivity contribution in [1.29, 1.82) is 0 Å². The van der Waals surface area contributed by atoms with Crippen molar-refractivity contribution in [1.82, 2.24) is 0 Å². The summed E-state index contributed by atoms with van der Waals surface area (Å²) in [4.78, 5) is 35.6. The first kappa shape index (κ1) is 21.2. The number of nitro benzene ring substituents is 1. The average Bonchev–Trinajstić information content (AvgIpc) is 3.11. The number of aryl methyl sites for hydroxylation is 2. The standard InChI is InChI=1S/C22H20N2O5S/c1-4-29-22(26)19-18(17-10-5-13(2)11-14(17)3)12-30-21(19)23-20(25)15-6-8-16(9-7-15)24(27)28/h5-12H,4H2,1-3H3,(H,23,25). The summed E-state index contributed by atoms with van der Waals surface area (Å²) in [7, 11) is 0. The van der Waals surface area contributed by atoms with Gasteiger partial charge in [0.15, 0.2) is 0 Å². The molecule has 0 spiro atoms. The van der Waals surface area contributed by atoms with Gasteiger partial charge in [-0.15, -0.1) is 11.3 Å². The Labute approximate surface area is 177 Å². The number of hydrogen-bond donors (Lipinski definition) is 1. The van der Waals surface area contributed by atoms with Gasteiger partial charge in [0.1, 0.15) is 10.6 Å². The second kappa shape index (κ2) is 8.87. The van der Waals surface area contributed by atoms with Crippen LogP contribution in [0.25, 0.3) is 11.1 Å². The first-order valence-corrected chi connectivity index (χ1v) is 10.1. The van der Waals surface area contributed by atoms with Gasteiger partial charge < -0.3 is 10.1 Å². The van der Waals surface area contributed by atoms with Crippen LogP contribution < -0.4 is 5.32 Å². The van der Waals surface area contributed by atoms with Crippen LogP contribution in [-0.4, -0.2) is 23.4 Å². The van der Waals surface area contributed by atoms with Gasteiger partial charge in [0, 0.05) is 28.6 Å². The van der Waals surface area contributed by atoms with Crippen LogP contribution in [0.1, 0.15) is 38.8 Å². The van der Waals surface area contributed by atoms with Gasteiger partial charge in [0.05, 0.1) is 11.5 Å². The fourth-order valence-corrected chi connectivity index (χ4v) is 4.02. The van der Waals surface area contributed by atoms with E-state index in [4.69, 9.17) is 4.74 Å². The number of nitrogens with one attached hydrogen (secondary N) is 1. The lowest BCUT2D eigenvalue weighted by atomic mass is 9.97. The van der Waals surface area contributed by atoms with Crippen LogP contribution in [0.3, 0.4) is 0 Å². The Morgan fingerprint density at radius 2 is 1.80 bits per heavy atom. The van der Waals surface area contributed by atoms with E-state index in [1.165, 1.54) is 35.6 Å². The summed E-state index contributed by atoms with van der Waals surface area (Å²) in [6, 6.07) is 11.2. The zero-order valence-electron chi connectivity index (χ0n) is 16.7. The van der Waals surface area contributed by atoms with Gasteiger partial charge in [-0.2, -0.15) is 0 Å². The molecule has 0 fully saturated rings. The number of rotatable bonds is 6. The maximum absolute atomic E-state index is 12.7. The van der Waals surface area contributed by atoms with Gasteiger partial charge >= 0.3 is 5.97 Å². The predicted octanol–water partition coefficient (Wildman–Crippen LogP) is 5.37. The maximum Gasteiger partial charge on any atom is 0.341 e. The molecule has 3 aromatic rings. The highest BCUT2D eigenvalue weighted by Gasteiger charge is 2.24. The molecular formula is C22H20N2O5S. The number of esters is 1. The molecule has 0 aliphatic heterocycles. The second-order valence-corrected chi connectivity index (χ2v) is 7.53. The van der Waals surface area contributed by atoms with Crippen molar-refractivity contribution < 1.29 is 19.2 Å². The van der Waals surface area contributed by atoms with Crippen molar-refractivity contribution in [2.45, 2.75) is 20.8 Å². The highest BCUT2D eigenvalue weighted by molar-refractivity contribution is 7.15. The number of benzene rings is 2. The SMILES string of the molecule is CCOC(=O)c1c(-c2ccc(C)cc2C)csc1NC(=O)c1ccc([N+](=O)[O-])cc1. The number of carbonyl (C=O) groups is 2. The van der Waals surface area contributed by atoms with E-state index in [1.807, 2.05) is 37.4 Å². The zero-order chi connectivity index (χ0) is 21.8. The molecular weight excluding hydrogens is 404 g/mol. The Morgan fingerprint density at radius 1 is 1.10 bits per heavy atom. The van der Waals surface area contributed by atoms with E-state index >= 15 is 0 Å². The molecule has 0 saturated carbocycles. The first-order valence-electron chi connectivity index (χ1n) is 9.23. The van der Waals surface area contributed by atoms with E-state index in [-0.39, 0.29) is 17.9 Å². The van der Waals surface area contributed by atoms with Crippen molar-refractivity contribution >= 4 is 33.9 Å². The van der Waals surface area contributed by atoms with E-state index in [1.54, 1.807) is 6.92 Å². The number of non-ortho nitro benzene ring substituents is 1. The van der Waals surface area contributed by atoms with Crippen LogP contribution in [0.4, 0.5) is 10.7 Å². The van der Waals surface area contributed by atoms with Gasteiger partial charge in [-0.05, 0) is 44.0 Å². The Balaban J connectivity index is 1.98. The molecule has 0 aliphatic carbocycles. The Bertz CT molecular complexity index is 1120. The van der Waals surface area contributed by atoms with E-state index < -0.39 is 16.8 Å². The van der Waals surface area contributed by atoms with E-state index in [0.29, 0.717) is 16.1 Å². The number of amides is 1. The van der Waals surface area contributed by atoms with Gasteiger partial charge in [-0.3, -0.25) is 14.9 Å². The van der Waals surface area contributed by atoms with Crippen LogP contribution >= 0.6 is 11.3 Å². The third-order valence-corrected chi connectivity index (χ3v) is 5.41. The first-order chi connectivity index (χ1) is 14.3. The third kappa shape index (κ3) is 4.38. The molecule has 3 rings (SSSR count). The largest absolute Gasteiger partial charge is 0.462 e. The Kier molecular flexibility index (Phi) is 6.27. The molecule has 0 radical (unpaired) electrons. The van der Waals surface area contributed by atoms with Crippen molar-refractivity contribution in [3.8, 4) is 11.1 Å². The van der Waals surface area contributed by atoms with Crippen LogP contribution in [0.15, 0.2) is 47.8 Å². The van der Waals surface area contributed by atoms with Gasteiger partial charge in [-0.25, -0.2) is 4.79 Å². The summed E-state index contributed by atoms with van der Waals surface area (Å²) in [6.07, 6.45) is 0. The quantitative estimate of drug-likeness (QED) is 0.326. The number of anilines is 1. The normalized spacial score (nSPS) is 10.5. The van der Waals surface area contributed by atoms with Gasteiger partial charge in [-0.1, -0.05) is 23.8 Å². The number of nitro groups is 1. The number of carbonyl (C=O) groups excluding carboxylic acids is 2. The number of nitrogens with zero attached hydrogens (tertiary/aromatic N) is 1. The molecule has 0 atom stereocenters. The second-order valence-electron chi connectivity index (χ2n) is 6.65. The molecule has 0 saturated heterocycles. The predicted molar refractivity (Wildman–Crippen MR) is 116 cm³/mol. The molecule has 0 unspecified atom stereocenters. The summed E-state index contributed by atoms with van der Waals surface area (Å²) in [6.45, 7) is 5.88. The van der Waals surface area contributed by atoms with Gasteiger partial charge in [0.2, 0.25) is 0 Å². The molecule has 2 aromatic carbocycles. The molecule has 1 amide bonds. The number of ether oxygens (including phenoxy) is 1. The van der Waals surface area contributed by atoms with Crippen molar-refractivity contribution in [2.24, 2.45) is 0 Å². The maximum atomic E-state index is 12.7. The molecule has 8 heteroatoms. The zero-order valence-corrected chi connectivity index (χ0v) is 17.5. The molecule has 0 bridgehead atoms. The fourth-order valence-electron chi connectivity index (χ4n) is 3.08. The van der Waals surface area contributed by atoms with E-state index in [2.05, 4.69) is 5.32 Å². The van der Waals surface area contributed by atoms with Crippen molar-refractivity contribution in [2.75, 3.05) is 11.9 Å². The summed E-state index contributed by atoms with van der Waals surface area (Å²) in [5, 5.41) is 15.7. The fraction of sp³-hybridized carbons (Fsp3) is 0.182. The van der Waals surface area contributed by atoms with Gasteiger partial charge in [0.25, 0.3) is 11.6 Å². The molecule has 7 nitrogen and oxygen atoms in total. The third-order valence-electron chi connectivity index (χ3n) is 4.51. The van der Waals surface area contributed by atoms with Crippen LogP contribution in [0.2, 0.25) is 0 Å². The smallest absolute Gasteiger partial charge is 0.341 e. The number of thiophene rings is 1. The topological polar surface area (TPSA) is 98.5 Å². The van der Waals surface area contributed by atoms with Crippen molar-refractivity contribution in [3.05, 3.63) is 80.2 Å². The summed E-state index contributed by atoms with van der Waals surface area (Å²) >= 11 is 1.23. The van der Waals surface area contributed by atoms with E-state index in [9.17, 15) is 19.7 Å². The molecule has 1 N–H and O–H groups in total. The molecule has 0 aliphatic rings. The minimum absolute atomic E-state index is 0.105. The Morgan fingerprint density at radius 3 is 2.40 bits per heavy atom.